The SMILES string of the molecule is COc1ccc(C=CCN2CCCNC(=O)Cn3nc(-c4ccccc4)nc3[C@H](C)NC(=O)[C@@H](CC(C)C)NC(=O)[C@@H](C)NC(=O)C2)cc1. The first kappa shape index (κ1) is 36.8. The molecule has 3 aromatic rings. The second-order valence-electron chi connectivity index (χ2n) is 12.6. The van der Waals surface area contributed by atoms with Crippen LogP contribution in [0.2, 0.25) is 0 Å². The maximum absolute atomic E-state index is 13.6. The molecule has 0 bridgehead atoms. The van der Waals surface area contributed by atoms with Gasteiger partial charge >= 0.3 is 0 Å². The number of amides is 4. The number of methoxy groups -OCH3 is 1. The molecule has 4 rings (SSSR count). The Morgan fingerprint density at radius 1 is 0.898 bits per heavy atom. The number of carbonyl (C=O) groups is 4. The van der Waals surface area contributed by atoms with E-state index in [0.29, 0.717) is 44.1 Å². The molecule has 1 aromatic heterocycles. The molecule has 0 saturated carbocycles. The van der Waals surface area contributed by atoms with E-state index in [9.17, 15) is 19.2 Å². The number of fused-ring (bicyclic) bond motifs is 1. The first-order valence-corrected chi connectivity index (χ1v) is 16.7. The Labute approximate surface area is 287 Å². The Balaban J connectivity index is 1.56. The topological polar surface area (TPSA) is 160 Å². The van der Waals surface area contributed by atoms with Crippen molar-refractivity contribution in [1.82, 2.24) is 40.9 Å². The number of aromatic nitrogens is 3. The zero-order chi connectivity index (χ0) is 35.3. The van der Waals surface area contributed by atoms with Gasteiger partial charge in [0.05, 0.1) is 19.7 Å². The van der Waals surface area contributed by atoms with Crippen molar-refractivity contribution in [2.45, 2.75) is 65.2 Å². The maximum Gasteiger partial charge on any atom is 0.243 e. The number of ether oxygens (including phenoxy) is 1. The lowest BCUT2D eigenvalue weighted by atomic mass is 10.0. The first-order valence-electron chi connectivity index (χ1n) is 16.7. The van der Waals surface area contributed by atoms with Crippen LogP contribution < -0.4 is 26.0 Å². The fraction of sp³-hybridized carbons (Fsp3) is 0.444. The largest absolute Gasteiger partial charge is 0.497 e. The molecule has 262 valence electrons. The van der Waals surface area contributed by atoms with Crippen LogP contribution in [0.5, 0.6) is 5.75 Å². The van der Waals surface area contributed by atoms with Gasteiger partial charge in [0.15, 0.2) is 5.82 Å². The van der Waals surface area contributed by atoms with E-state index in [1.165, 1.54) is 4.68 Å². The number of benzene rings is 2. The maximum atomic E-state index is 13.6. The van der Waals surface area contributed by atoms with Gasteiger partial charge in [-0.2, -0.15) is 5.10 Å². The van der Waals surface area contributed by atoms with Crippen molar-refractivity contribution in [3.8, 4) is 17.1 Å². The average Bonchev–Trinajstić information content (AvgIpc) is 3.50. The molecule has 4 N–H and O–H groups in total. The van der Waals surface area contributed by atoms with E-state index in [1.54, 1.807) is 21.0 Å². The summed E-state index contributed by atoms with van der Waals surface area (Å²) in [6.07, 6.45) is 4.88. The molecule has 0 saturated heterocycles. The van der Waals surface area contributed by atoms with Gasteiger partial charge in [-0.05, 0) is 50.3 Å². The third-order valence-electron chi connectivity index (χ3n) is 8.01. The van der Waals surface area contributed by atoms with Gasteiger partial charge in [-0.25, -0.2) is 9.67 Å². The Bertz CT molecular complexity index is 1590. The molecular formula is C36H48N8O5. The summed E-state index contributed by atoms with van der Waals surface area (Å²) >= 11 is 0. The normalized spacial score (nSPS) is 20.7. The molecular weight excluding hydrogens is 624 g/mol. The molecule has 0 unspecified atom stereocenters. The molecule has 2 aromatic carbocycles. The van der Waals surface area contributed by atoms with E-state index < -0.39 is 29.9 Å². The van der Waals surface area contributed by atoms with Crippen LogP contribution in [0, 0.1) is 5.92 Å². The summed E-state index contributed by atoms with van der Waals surface area (Å²) in [7, 11) is 1.62. The van der Waals surface area contributed by atoms with Gasteiger partial charge in [-0.3, -0.25) is 24.1 Å². The van der Waals surface area contributed by atoms with Crippen molar-refractivity contribution in [3.63, 3.8) is 0 Å². The Hall–Kier alpha value is -5.04. The Morgan fingerprint density at radius 2 is 1.63 bits per heavy atom. The molecule has 49 heavy (non-hydrogen) atoms. The van der Waals surface area contributed by atoms with Crippen LogP contribution in [0.3, 0.4) is 0 Å². The average molecular weight is 673 g/mol. The van der Waals surface area contributed by atoms with Crippen molar-refractivity contribution in [2.75, 3.05) is 33.3 Å². The van der Waals surface area contributed by atoms with Crippen molar-refractivity contribution < 1.29 is 23.9 Å². The third-order valence-corrected chi connectivity index (χ3v) is 8.01. The van der Waals surface area contributed by atoms with E-state index >= 15 is 0 Å². The number of nitrogens with zero attached hydrogens (tertiary/aromatic N) is 4. The summed E-state index contributed by atoms with van der Waals surface area (Å²) in [6.45, 7) is 8.57. The summed E-state index contributed by atoms with van der Waals surface area (Å²) in [5.74, 6) is 0.244. The number of hydrogen-bond acceptors (Lipinski definition) is 8. The standard InChI is InChI=1S/C36H48N8O5/c1-24(2)21-30-36(48)39-25(3)34-41-33(28-12-7-6-8-13-28)42-44(34)23-31(45)37-18-10-20-43(22-32(46)38-26(4)35(47)40-30)19-9-11-27-14-16-29(49-5)17-15-27/h6-9,11-17,24-26,30H,10,18-23H2,1-5H3,(H,37,45)(H,38,46)(H,39,48)(H,40,47)/t25-,26+,30+/m0/s1. The van der Waals surface area contributed by atoms with Crippen LogP contribution in [0.1, 0.15) is 58.0 Å². The smallest absolute Gasteiger partial charge is 0.243 e. The third kappa shape index (κ3) is 11.3. The van der Waals surface area contributed by atoms with Gasteiger partial charge in [-0.15, -0.1) is 0 Å². The van der Waals surface area contributed by atoms with Gasteiger partial charge in [0.2, 0.25) is 23.6 Å². The van der Waals surface area contributed by atoms with Gasteiger partial charge < -0.3 is 26.0 Å². The number of hydrogen-bond donors (Lipinski definition) is 4. The van der Waals surface area contributed by atoms with Crippen molar-refractivity contribution in [3.05, 3.63) is 72.1 Å². The molecule has 1 aliphatic rings. The van der Waals surface area contributed by atoms with E-state index in [-0.39, 0.29) is 30.8 Å². The molecule has 0 aliphatic carbocycles. The quantitative estimate of drug-likeness (QED) is 0.298. The minimum absolute atomic E-state index is 0.0382. The monoisotopic (exact) mass is 672 g/mol. The molecule has 1 aliphatic heterocycles. The highest BCUT2D eigenvalue weighted by atomic mass is 16.5. The van der Waals surface area contributed by atoms with Crippen LogP contribution in [0.4, 0.5) is 0 Å². The van der Waals surface area contributed by atoms with Crippen molar-refractivity contribution >= 4 is 29.7 Å². The zero-order valence-electron chi connectivity index (χ0n) is 28.9. The first-order chi connectivity index (χ1) is 23.5. The predicted molar refractivity (Wildman–Crippen MR) is 187 cm³/mol. The molecule has 0 radical (unpaired) electrons. The number of rotatable bonds is 7. The minimum atomic E-state index is -0.873. The van der Waals surface area contributed by atoms with Crippen LogP contribution in [0.15, 0.2) is 60.7 Å². The summed E-state index contributed by atoms with van der Waals surface area (Å²) in [4.78, 5) is 59.7. The highest BCUT2D eigenvalue weighted by molar-refractivity contribution is 5.92. The van der Waals surface area contributed by atoms with Gasteiger partial charge in [0.1, 0.15) is 30.2 Å². The number of carbonyl (C=O) groups excluding carboxylic acids is 4. The summed E-state index contributed by atoms with van der Waals surface area (Å²) < 4.78 is 6.74. The van der Waals surface area contributed by atoms with Crippen molar-refractivity contribution in [2.24, 2.45) is 5.92 Å². The molecule has 0 spiro atoms. The highest BCUT2D eigenvalue weighted by Crippen LogP contribution is 2.20. The molecule has 3 atom stereocenters. The van der Waals surface area contributed by atoms with Crippen LogP contribution >= 0.6 is 0 Å². The van der Waals surface area contributed by atoms with Crippen LogP contribution in [-0.4, -0.2) is 88.7 Å². The summed E-state index contributed by atoms with van der Waals surface area (Å²) in [5.41, 5.74) is 1.76. The molecule has 13 heteroatoms. The fourth-order valence-corrected chi connectivity index (χ4v) is 5.44. The van der Waals surface area contributed by atoms with Crippen LogP contribution in [0.25, 0.3) is 17.5 Å². The lowest BCUT2D eigenvalue weighted by Crippen LogP contribution is -2.54. The van der Waals surface area contributed by atoms with Gasteiger partial charge in [0.25, 0.3) is 0 Å². The Morgan fingerprint density at radius 3 is 2.33 bits per heavy atom. The van der Waals surface area contributed by atoms with E-state index in [1.807, 2.05) is 85.5 Å². The lowest BCUT2D eigenvalue weighted by molar-refractivity contribution is -0.132. The summed E-state index contributed by atoms with van der Waals surface area (Å²) in [6, 6.07) is 14.7. The van der Waals surface area contributed by atoms with E-state index in [2.05, 4.69) is 26.4 Å². The second-order valence-corrected chi connectivity index (χ2v) is 12.6. The zero-order valence-corrected chi connectivity index (χ0v) is 28.9. The molecule has 0 fully saturated rings. The fourth-order valence-electron chi connectivity index (χ4n) is 5.44. The number of nitrogens with one attached hydrogen (secondary N) is 4. The van der Waals surface area contributed by atoms with Crippen LogP contribution in [-0.2, 0) is 25.7 Å². The Kier molecular flexibility index (Phi) is 13.5. The van der Waals surface area contributed by atoms with E-state index in [0.717, 1.165) is 16.9 Å². The summed E-state index contributed by atoms with van der Waals surface area (Å²) in [5, 5.41) is 16.1. The van der Waals surface area contributed by atoms with Gasteiger partial charge in [0, 0.05) is 25.2 Å². The second kappa shape index (κ2) is 17.9. The molecule has 2 heterocycles. The van der Waals surface area contributed by atoms with Gasteiger partial charge in [-0.1, -0.05) is 68.5 Å². The lowest BCUT2D eigenvalue weighted by Gasteiger charge is -2.25. The predicted octanol–water partition coefficient (Wildman–Crippen LogP) is 2.70. The minimum Gasteiger partial charge on any atom is -0.497 e. The molecule has 13 nitrogen and oxygen atoms in total. The van der Waals surface area contributed by atoms with E-state index in [4.69, 9.17) is 9.72 Å². The van der Waals surface area contributed by atoms with Crippen molar-refractivity contribution in [1.29, 1.82) is 0 Å². The highest BCUT2D eigenvalue weighted by Gasteiger charge is 2.28. The molecule has 4 amide bonds.